The summed E-state index contributed by atoms with van der Waals surface area (Å²) in [6.45, 7) is 0. The maximum Gasteiger partial charge on any atom is 0.243 e. The zero-order valence-corrected chi connectivity index (χ0v) is 9.37. The number of anilines is 2. The molecule has 0 aliphatic rings. The van der Waals surface area contributed by atoms with Crippen LogP contribution in [0.3, 0.4) is 0 Å². The first kappa shape index (κ1) is 10.9. The van der Waals surface area contributed by atoms with Gasteiger partial charge in [0.2, 0.25) is 17.2 Å². The molecule has 0 saturated heterocycles. The number of aromatic nitrogens is 3. The second kappa shape index (κ2) is 4.39. The summed E-state index contributed by atoms with van der Waals surface area (Å²) in [5.41, 5.74) is 2.90. The molecule has 1 aromatic rings. The second-order valence-corrected chi connectivity index (χ2v) is 3.47. The maximum atomic E-state index is 5.73. The number of nitrogens with one attached hydrogen (secondary N) is 1. The minimum atomic E-state index is 0.174. The van der Waals surface area contributed by atoms with Gasteiger partial charge in [0.15, 0.2) is 0 Å². The largest absolute Gasteiger partial charge is 0.347 e. The summed E-state index contributed by atoms with van der Waals surface area (Å²) in [5, 5.41) is 1.90. The lowest BCUT2D eigenvalue weighted by Gasteiger charge is -2.14. The molecule has 1 aromatic heterocycles. The van der Waals surface area contributed by atoms with E-state index in [2.05, 4.69) is 20.4 Å². The van der Waals surface area contributed by atoms with Crippen molar-refractivity contribution < 1.29 is 0 Å². The van der Waals surface area contributed by atoms with Crippen LogP contribution < -0.4 is 10.3 Å². The van der Waals surface area contributed by atoms with Crippen LogP contribution in [0.25, 0.3) is 0 Å². The molecule has 0 aliphatic heterocycles. The molecule has 14 heavy (non-hydrogen) atoms. The van der Waals surface area contributed by atoms with Crippen molar-refractivity contribution in [3.63, 3.8) is 0 Å². The highest BCUT2D eigenvalue weighted by Crippen LogP contribution is 2.11. The Morgan fingerprint density at radius 3 is 2.21 bits per heavy atom. The average molecular weight is 217 g/mol. The van der Waals surface area contributed by atoms with Crippen LogP contribution in [0.15, 0.2) is 0 Å². The van der Waals surface area contributed by atoms with E-state index in [1.807, 2.05) is 28.2 Å². The Labute approximate surface area is 87.9 Å². The molecule has 0 amide bonds. The van der Waals surface area contributed by atoms with Crippen LogP contribution in [0.4, 0.5) is 11.9 Å². The SMILES string of the molecule is CN(C)Nc1nc(Cl)nc(N(C)C)n1. The summed E-state index contributed by atoms with van der Waals surface area (Å²) in [6.07, 6.45) is 0. The summed E-state index contributed by atoms with van der Waals surface area (Å²) < 4.78 is 0. The van der Waals surface area contributed by atoms with E-state index in [-0.39, 0.29) is 5.28 Å². The van der Waals surface area contributed by atoms with E-state index in [4.69, 9.17) is 11.6 Å². The monoisotopic (exact) mass is 216 g/mol. The van der Waals surface area contributed by atoms with Crippen LogP contribution in [0.5, 0.6) is 0 Å². The summed E-state index contributed by atoms with van der Waals surface area (Å²) in [4.78, 5) is 13.8. The van der Waals surface area contributed by atoms with Crippen LogP contribution >= 0.6 is 11.6 Å². The van der Waals surface area contributed by atoms with Gasteiger partial charge in [0.25, 0.3) is 0 Å². The molecule has 0 radical (unpaired) electrons. The topological polar surface area (TPSA) is 57.2 Å². The summed E-state index contributed by atoms with van der Waals surface area (Å²) in [7, 11) is 7.36. The highest BCUT2D eigenvalue weighted by atomic mass is 35.5. The molecule has 0 spiro atoms. The van der Waals surface area contributed by atoms with Gasteiger partial charge in [-0.15, -0.1) is 0 Å². The first-order chi connectivity index (χ1) is 6.49. The van der Waals surface area contributed by atoms with Crippen molar-refractivity contribution >= 4 is 23.5 Å². The first-order valence-electron chi connectivity index (χ1n) is 4.02. The number of halogens is 1. The molecule has 0 unspecified atom stereocenters. The molecule has 1 heterocycles. The van der Waals surface area contributed by atoms with Gasteiger partial charge in [-0.1, -0.05) is 0 Å². The van der Waals surface area contributed by atoms with Gasteiger partial charge < -0.3 is 4.90 Å². The summed E-state index contributed by atoms with van der Waals surface area (Å²) in [6, 6.07) is 0. The van der Waals surface area contributed by atoms with E-state index in [1.165, 1.54) is 0 Å². The summed E-state index contributed by atoms with van der Waals surface area (Å²) >= 11 is 5.73. The minimum Gasteiger partial charge on any atom is -0.347 e. The van der Waals surface area contributed by atoms with Gasteiger partial charge in [-0.3, -0.25) is 5.43 Å². The van der Waals surface area contributed by atoms with Crippen LogP contribution in [0, 0.1) is 0 Å². The molecule has 1 N–H and O–H groups in total. The fourth-order valence-electron chi connectivity index (χ4n) is 0.790. The standard InChI is InChI=1S/C7H13ClN6/c1-13(2)7-10-5(8)9-6(11-7)12-14(3)4/h1-4H3,(H,9,10,11,12). The molecule has 0 fully saturated rings. The number of nitrogens with zero attached hydrogens (tertiary/aromatic N) is 5. The third-order valence-corrected chi connectivity index (χ3v) is 1.49. The van der Waals surface area contributed by atoms with E-state index in [0.717, 1.165) is 0 Å². The quantitative estimate of drug-likeness (QED) is 0.742. The molecule has 6 nitrogen and oxygen atoms in total. The zero-order valence-electron chi connectivity index (χ0n) is 8.61. The van der Waals surface area contributed by atoms with Gasteiger partial charge in [-0.25, -0.2) is 5.01 Å². The Kier molecular flexibility index (Phi) is 3.43. The zero-order chi connectivity index (χ0) is 10.7. The molecule has 0 atom stereocenters. The van der Waals surface area contributed by atoms with Crippen molar-refractivity contribution in [3.05, 3.63) is 5.28 Å². The predicted octanol–water partition coefficient (Wildman–Crippen LogP) is 0.479. The van der Waals surface area contributed by atoms with Gasteiger partial charge in [0.1, 0.15) is 0 Å². The van der Waals surface area contributed by atoms with Crippen LogP contribution in [0.1, 0.15) is 0 Å². The lowest BCUT2D eigenvalue weighted by molar-refractivity contribution is 0.488. The Bertz CT molecular complexity index is 313. The van der Waals surface area contributed by atoms with Gasteiger partial charge >= 0.3 is 0 Å². The highest BCUT2D eigenvalue weighted by molar-refractivity contribution is 6.28. The smallest absolute Gasteiger partial charge is 0.243 e. The second-order valence-electron chi connectivity index (χ2n) is 3.13. The van der Waals surface area contributed by atoms with Gasteiger partial charge in [-0.2, -0.15) is 15.0 Å². The number of rotatable bonds is 3. The normalized spacial score (nSPS) is 10.4. The molecule has 1 rings (SSSR count). The van der Waals surface area contributed by atoms with Gasteiger partial charge in [0, 0.05) is 28.2 Å². The van der Waals surface area contributed by atoms with E-state index in [9.17, 15) is 0 Å². The molecule has 0 aliphatic carbocycles. The number of hydrogen-bond donors (Lipinski definition) is 1. The Balaban J connectivity index is 2.95. The number of hydrazine groups is 1. The molecule has 0 bridgehead atoms. The fraction of sp³-hybridized carbons (Fsp3) is 0.571. The first-order valence-corrected chi connectivity index (χ1v) is 4.39. The van der Waals surface area contributed by atoms with Crippen molar-refractivity contribution in [1.29, 1.82) is 0 Å². The van der Waals surface area contributed by atoms with Crippen molar-refractivity contribution in [2.45, 2.75) is 0 Å². The fourth-order valence-corrected chi connectivity index (χ4v) is 0.945. The highest BCUT2D eigenvalue weighted by Gasteiger charge is 2.06. The van der Waals surface area contributed by atoms with E-state index in [1.54, 1.807) is 9.91 Å². The van der Waals surface area contributed by atoms with Crippen LogP contribution in [-0.2, 0) is 0 Å². The molecule has 78 valence electrons. The Hall–Kier alpha value is -1.14. The molecular formula is C7H13ClN6. The molecular weight excluding hydrogens is 204 g/mol. The average Bonchev–Trinajstić information content (AvgIpc) is 2.01. The Morgan fingerprint density at radius 2 is 1.71 bits per heavy atom. The van der Waals surface area contributed by atoms with E-state index >= 15 is 0 Å². The van der Waals surface area contributed by atoms with Gasteiger partial charge in [-0.05, 0) is 11.6 Å². The van der Waals surface area contributed by atoms with Crippen molar-refractivity contribution in [3.8, 4) is 0 Å². The lowest BCUT2D eigenvalue weighted by atomic mass is 10.8. The molecule has 0 aromatic carbocycles. The van der Waals surface area contributed by atoms with Crippen LogP contribution in [0.2, 0.25) is 5.28 Å². The van der Waals surface area contributed by atoms with Crippen molar-refractivity contribution in [1.82, 2.24) is 20.0 Å². The van der Waals surface area contributed by atoms with E-state index < -0.39 is 0 Å². The third kappa shape index (κ3) is 2.97. The Morgan fingerprint density at radius 1 is 1.07 bits per heavy atom. The number of hydrogen-bond acceptors (Lipinski definition) is 6. The van der Waals surface area contributed by atoms with Gasteiger partial charge in [0.05, 0.1) is 0 Å². The van der Waals surface area contributed by atoms with Crippen molar-refractivity contribution in [2.75, 3.05) is 38.5 Å². The molecule has 0 saturated carbocycles. The van der Waals surface area contributed by atoms with Crippen LogP contribution in [-0.4, -0.2) is 48.2 Å². The maximum absolute atomic E-state index is 5.73. The third-order valence-electron chi connectivity index (χ3n) is 1.32. The van der Waals surface area contributed by atoms with E-state index in [0.29, 0.717) is 11.9 Å². The minimum absolute atomic E-state index is 0.174. The molecule has 7 heteroatoms. The lowest BCUT2D eigenvalue weighted by Crippen LogP contribution is -2.23. The van der Waals surface area contributed by atoms with Crippen molar-refractivity contribution in [2.24, 2.45) is 0 Å². The summed E-state index contributed by atoms with van der Waals surface area (Å²) in [5.74, 6) is 0.952. The predicted molar refractivity (Wildman–Crippen MR) is 56.5 cm³/mol.